The molecule has 0 aliphatic heterocycles. The van der Waals surface area contributed by atoms with Gasteiger partial charge in [-0.3, -0.25) is 9.69 Å². The summed E-state index contributed by atoms with van der Waals surface area (Å²) >= 11 is 0. The normalized spacial score (nSPS) is 11.4. The van der Waals surface area contributed by atoms with Crippen LogP contribution in [0.3, 0.4) is 0 Å². The Balaban J connectivity index is 4.00. The fourth-order valence-corrected chi connectivity index (χ4v) is 1.48. The smallest absolute Gasteiger partial charge is 0.236 e. The van der Waals surface area contributed by atoms with E-state index < -0.39 is 0 Å². The highest BCUT2D eigenvalue weighted by Crippen LogP contribution is 2.20. The monoisotopic (exact) mass is 239 g/mol. The van der Waals surface area contributed by atoms with Crippen molar-refractivity contribution in [1.82, 2.24) is 9.80 Å². The van der Waals surface area contributed by atoms with Gasteiger partial charge in [0, 0.05) is 14.1 Å². The molecule has 0 rings (SSSR count). The van der Waals surface area contributed by atoms with Crippen molar-refractivity contribution in [1.29, 1.82) is 5.26 Å². The van der Waals surface area contributed by atoms with Gasteiger partial charge in [-0.2, -0.15) is 5.26 Å². The van der Waals surface area contributed by atoms with Gasteiger partial charge in [-0.05, 0) is 39.8 Å². The van der Waals surface area contributed by atoms with E-state index in [9.17, 15) is 4.79 Å². The molecule has 17 heavy (non-hydrogen) atoms. The van der Waals surface area contributed by atoms with Crippen LogP contribution >= 0.6 is 0 Å². The fraction of sp³-hybridized carbons (Fsp3) is 0.846. The minimum atomic E-state index is -0.259. The van der Waals surface area contributed by atoms with Crippen molar-refractivity contribution >= 4 is 5.91 Å². The number of likely N-dealkylation sites (N-methyl/N-ethyl adjacent to an activating group) is 2. The summed E-state index contributed by atoms with van der Waals surface area (Å²) in [4.78, 5) is 15.3. The van der Waals surface area contributed by atoms with Gasteiger partial charge in [0.05, 0.1) is 18.0 Å². The van der Waals surface area contributed by atoms with Crippen LogP contribution in [0, 0.1) is 16.7 Å². The Hall–Kier alpha value is -1.08. The quantitative estimate of drug-likeness (QED) is 0.679. The number of carbonyl (C=O) groups excluding carboxylic acids is 1. The van der Waals surface area contributed by atoms with E-state index in [2.05, 4.69) is 17.9 Å². The van der Waals surface area contributed by atoms with Crippen molar-refractivity contribution in [3.8, 4) is 6.07 Å². The molecule has 0 spiro atoms. The molecule has 0 aromatic heterocycles. The van der Waals surface area contributed by atoms with Gasteiger partial charge in [-0.15, -0.1) is 0 Å². The van der Waals surface area contributed by atoms with E-state index in [1.165, 1.54) is 0 Å². The first-order valence-electron chi connectivity index (χ1n) is 6.16. The Kier molecular flexibility index (Phi) is 6.82. The topological polar surface area (TPSA) is 47.3 Å². The lowest BCUT2D eigenvalue weighted by Gasteiger charge is -2.23. The van der Waals surface area contributed by atoms with Crippen molar-refractivity contribution in [3.63, 3.8) is 0 Å². The summed E-state index contributed by atoms with van der Waals surface area (Å²) in [5.41, 5.74) is -0.259. The molecule has 4 nitrogen and oxygen atoms in total. The second-order valence-electron chi connectivity index (χ2n) is 5.26. The third-order valence-corrected chi connectivity index (χ3v) is 2.88. The third-order valence-electron chi connectivity index (χ3n) is 2.88. The van der Waals surface area contributed by atoms with Gasteiger partial charge in [0.15, 0.2) is 0 Å². The molecule has 0 heterocycles. The molecule has 0 saturated carbocycles. The van der Waals surface area contributed by atoms with Crippen molar-refractivity contribution in [2.24, 2.45) is 5.41 Å². The molecule has 1 amide bonds. The number of hydrogen-bond donors (Lipinski definition) is 0. The predicted octanol–water partition coefficient (Wildman–Crippen LogP) is 1.73. The van der Waals surface area contributed by atoms with E-state index in [1.807, 2.05) is 13.8 Å². The first kappa shape index (κ1) is 15.9. The summed E-state index contributed by atoms with van der Waals surface area (Å²) in [6, 6.07) is 2.30. The van der Waals surface area contributed by atoms with Crippen LogP contribution in [-0.2, 0) is 4.79 Å². The summed E-state index contributed by atoms with van der Waals surface area (Å²) < 4.78 is 0. The molecule has 0 bridgehead atoms. The molecule has 0 radical (unpaired) electrons. The maximum absolute atomic E-state index is 11.6. The highest BCUT2D eigenvalue weighted by molar-refractivity contribution is 5.77. The van der Waals surface area contributed by atoms with Crippen LogP contribution in [0.5, 0.6) is 0 Å². The Morgan fingerprint density at radius 2 is 1.94 bits per heavy atom. The maximum atomic E-state index is 11.6. The van der Waals surface area contributed by atoms with Gasteiger partial charge >= 0.3 is 0 Å². The van der Waals surface area contributed by atoms with Gasteiger partial charge < -0.3 is 4.90 Å². The first-order valence-corrected chi connectivity index (χ1v) is 6.16. The van der Waals surface area contributed by atoms with E-state index >= 15 is 0 Å². The molecule has 0 fully saturated rings. The van der Waals surface area contributed by atoms with Crippen molar-refractivity contribution in [3.05, 3.63) is 0 Å². The average Bonchev–Trinajstić information content (AvgIpc) is 2.27. The summed E-state index contributed by atoms with van der Waals surface area (Å²) in [7, 11) is 3.55. The first-order chi connectivity index (χ1) is 7.82. The zero-order valence-corrected chi connectivity index (χ0v) is 11.8. The van der Waals surface area contributed by atoms with E-state index in [0.717, 1.165) is 25.9 Å². The Morgan fingerprint density at radius 1 is 1.35 bits per heavy atom. The highest BCUT2D eigenvalue weighted by Gasteiger charge is 2.17. The van der Waals surface area contributed by atoms with Crippen LogP contribution in [0.4, 0.5) is 0 Å². The SMILES string of the molecule is CCN(CCCC(C)(C)C#N)CC(=O)N(C)C. The molecule has 0 unspecified atom stereocenters. The van der Waals surface area contributed by atoms with Crippen LogP contribution in [0.25, 0.3) is 0 Å². The summed E-state index contributed by atoms with van der Waals surface area (Å²) in [6.07, 6.45) is 1.82. The largest absolute Gasteiger partial charge is 0.348 e. The Labute approximate surface area is 105 Å². The zero-order chi connectivity index (χ0) is 13.5. The number of carbonyl (C=O) groups is 1. The highest BCUT2D eigenvalue weighted by atomic mass is 16.2. The zero-order valence-electron chi connectivity index (χ0n) is 11.8. The minimum Gasteiger partial charge on any atom is -0.348 e. The number of nitrogens with zero attached hydrogens (tertiary/aromatic N) is 3. The number of nitriles is 1. The van der Waals surface area contributed by atoms with Crippen molar-refractivity contribution in [2.75, 3.05) is 33.7 Å². The van der Waals surface area contributed by atoms with E-state index in [0.29, 0.717) is 6.54 Å². The van der Waals surface area contributed by atoms with Gasteiger partial charge in [0.2, 0.25) is 5.91 Å². The lowest BCUT2D eigenvalue weighted by atomic mass is 9.90. The molecule has 0 aliphatic carbocycles. The van der Waals surface area contributed by atoms with E-state index in [1.54, 1.807) is 19.0 Å². The molecule has 0 N–H and O–H groups in total. The van der Waals surface area contributed by atoms with Gasteiger partial charge in [-0.1, -0.05) is 6.92 Å². The van der Waals surface area contributed by atoms with Gasteiger partial charge in [0.1, 0.15) is 0 Å². The molecule has 98 valence electrons. The van der Waals surface area contributed by atoms with Crippen LogP contribution in [0.1, 0.15) is 33.6 Å². The predicted molar refractivity (Wildman–Crippen MR) is 69.4 cm³/mol. The number of hydrogen-bond acceptors (Lipinski definition) is 3. The third kappa shape index (κ3) is 6.96. The lowest BCUT2D eigenvalue weighted by molar-refractivity contribution is -0.129. The summed E-state index contributed by atoms with van der Waals surface area (Å²) in [5, 5.41) is 8.91. The van der Waals surface area contributed by atoms with Crippen LogP contribution in [0.15, 0.2) is 0 Å². The summed E-state index contributed by atoms with van der Waals surface area (Å²) in [6.45, 7) is 8.17. The fourth-order valence-electron chi connectivity index (χ4n) is 1.48. The second-order valence-corrected chi connectivity index (χ2v) is 5.26. The molecule has 0 aromatic rings. The molecular formula is C13H25N3O. The summed E-state index contributed by atoms with van der Waals surface area (Å²) in [5.74, 6) is 0.131. The molecule has 0 saturated heterocycles. The van der Waals surface area contributed by atoms with Gasteiger partial charge in [0.25, 0.3) is 0 Å². The maximum Gasteiger partial charge on any atom is 0.236 e. The van der Waals surface area contributed by atoms with Crippen molar-refractivity contribution < 1.29 is 4.79 Å². The molecule has 4 heteroatoms. The average molecular weight is 239 g/mol. The van der Waals surface area contributed by atoms with Gasteiger partial charge in [-0.25, -0.2) is 0 Å². The lowest BCUT2D eigenvalue weighted by Crippen LogP contribution is -2.37. The molecule has 0 atom stereocenters. The Bertz CT molecular complexity index is 279. The van der Waals surface area contributed by atoms with Crippen molar-refractivity contribution in [2.45, 2.75) is 33.6 Å². The van der Waals surface area contributed by atoms with E-state index in [-0.39, 0.29) is 11.3 Å². The second kappa shape index (κ2) is 7.29. The Morgan fingerprint density at radius 3 is 2.35 bits per heavy atom. The van der Waals surface area contributed by atoms with E-state index in [4.69, 9.17) is 5.26 Å². The number of amides is 1. The minimum absolute atomic E-state index is 0.131. The molecule has 0 aromatic carbocycles. The van der Waals surface area contributed by atoms with Crippen LogP contribution in [0.2, 0.25) is 0 Å². The molecule has 0 aliphatic rings. The van der Waals surface area contributed by atoms with Crippen LogP contribution in [-0.4, -0.2) is 49.4 Å². The van der Waals surface area contributed by atoms with Crippen LogP contribution < -0.4 is 0 Å². The standard InChI is InChI=1S/C13H25N3O/c1-6-16(10-12(17)15(4)5)9-7-8-13(2,3)11-14/h6-10H2,1-5H3. The number of rotatable bonds is 7. The molecular weight excluding hydrogens is 214 g/mol.